The summed E-state index contributed by atoms with van der Waals surface area (Å²) in [5.41, 5.74) is 3.63. The molecule has 0 radical (unpaired) electrons. The van der Waals surface area contributed by atoms with E-state index >= 15 is 0 Å². The molecule has 0 fully saturated rings. The molecule has 0 aliphatic carbocycles. The second kappa shape index (κ2) is 6.80. The highest BCUT2D eigenvalue weighted by atomic mass is 32.1. The van der Waals surface area contributed by atoms with Crippen LogP contribution in [0.2, 0.25) is 0 Å². The fourth-order valence-corrected chi connectivity index (χ4v) is 3.02. The van der Waals surface area contributed by atoms with Crippen molar-refractivity contribution in [1.29, 1.82) is 0 Å². The maximum atomic E-state index is 12.3. The molecule has 1 aromatic heterocycles. The zero-order chi connectivity index (χ0) is 17.1. The minimum Gasteiger partial charge on any atom is -0.496 e. The number of rotatable bonds is 4. The largest absolute Gasteiger partial charge is 0.496 e. The molecular weight excluding hydrogens is 322 g/mol. The van der Waals surface area contributed by atoms with Crippen LogP contribution in [0.25, 0.3) is 10.6 Å². The van der Waals surface area contributed by atoms with Gasteiger partial charge in [-0.3, -0.25) is 10.1 Å². The van der Waals surface area contributed by atoms with Crippen molar-refractivity contribution in [3.05, 3.63) is 59.2 Å². The van der Waals surface area contributed by atoms with Gasteiger partial charge in [0.2, 0.25) is 5.13 Å². The molecule has 0 aliphatic rings. The van der Waals surface area contributed by atoms with E-state index in [1.54, 1.807) is 25.3 Å². The minimum atomic E-state index is -0.215. The lowest BCUT2D eigenvalue weighted by Gasteiger charge is -2.06. The van der Waals surface area contributed by atoms with Crippen LogP contribution in [0.3, 0.4) is 0 Å². The molecule has 5 nitrogen and oxygen atoms in total. The minimum absolute atomic E-state index is 0.215. The van der Waals surface area contributed by atoms with Crippen molar-refractivity contribution in [3.63, 3.8) is 0 Å². The van der Waals surface area contributed by atoms with Crippen molar-refractivity contribution in [2.75, 3.05) is 12.4 Å². The topological polar surface area (TPSA) is 64.1 Å². The molecule has 122 valence electrons. The molecule has 0 atom stereocenters. The molecule has 3 rings (SSSR count). The number of amides is 1. The first-order valence-electron chi connectivity index (χ1n) is 7.43. The van der Waals surface area contributed by atoms with Crippen molar-refractivity contribution < 1.29 is 9.53 Å². The van der Waals surface area contributed by atoms with E-state index < -0.39 is 0 Å². The quantitative estimate of drug-likeness (QED) is 0.778. The molecule has 0 unspecified atom stereocenters. The normalized spacial score (nSPS) is 10.5. The molecule has 24 heavy (non-hydrogen) atoms. The summed E-state index contributed by atoms with van der Waals surface area (Å²) >= 11 is 1.35. The summed E-state index contributed by atoms with van der Waals surface area (Å²) in [6.45, 7) is 3.93. The van der Waals surface area contributed by atoms with E-state index in [9.17, 15) is 4.79 Å². The third-order valence-corrected chi connectivity index (χ3v) is 4.49. The summed E-state index contributed by atoms with van der Waals surface area (Å²) in [6, 6.07) is 13.3. The third-order valence-electron chi connectivity index (χ3n) is 3.60. The number of methoxy groups -OCH3 is 1. The monoisotopic (exact) mass is 339 g/mol. The molecule has 0 aliphatic heterocycles. The molecule has 1 N–H and O–H groups in total. The molecule has 0 saturated heterocycles. The standard InChI is InChI=1S/C18H17N3O2S/c1-11-4-6-13(7-5-11)17-20-21-18(24-17)19-16(22)14-8-9-15(23-3)12(2)10-14/h4-10H,1-3H3,(H,19,21,22). The molecule has 3 aromatic rings. The van der Waals surface area contributed by atoms with Crippen LogP contribution in [0, 0.1) is 13.8 Å². The molecule has 6 heteroatoms. The number of benzene rings is 2. The van der Waals surface area contributed by atoms with Crippen LogP contribution in [-0.4, -0.2) is 23.2 Å². The van der Waals surface area contributed by atoms with Crippen molar-refractivity contribution in [2.45, 2.75) is 13.8 Å². The van der Waals surface area contributed by atoms with Crippen LogP contribution in [-0.2, 0) is 0 Å². The lowest BCUT2D eigenvalue weighted by atomic mass is 10.1. The average Bonchev–Trinajstić information content (AvgIpc) is 3.04. The Kier molecular flexibility index (Phi) is 4.57. The number of nitrogens with one attached hydrogen (secondary N) is 1. The van der Waals surface area contributed by atoms with E-state index in [-0.39, 0.29) is 5.91 Å². The molecule has 1 amide bonds. The van der Waals surface area contributed by atoms with Crippen LogP contribution in [0.15, 0.2) is 42.5 Å². The zero-order valence-electron chi connectivity index (χ0n) is 13.7. The summed E-state index contributed by atoms with van der Waals surface area (Å²) in [6.07, 6.45) is 0. The first-order chi connectivity index (χ1) is 11.6. The lowest BCUT2D eigenvalue weighted by Crippen LogP contribution is -2.12. The van der Waals surface area contributed by atoms with Crippen molar-refractivity contribution in [1.82, 2.24) is 10.2 Å². The van der Waals surface area contributed by atoms with E-state index in [0.717, 1.165) is 21.9 Å². The number of aryl methyl sites for hydroxylation is 2. The highest BCUT2D eigenvalue weighted by molar-refractivity contribution is 7.18. The Bertz CT molecular complexity index is 872. The van der Waals surface area contributed by atoms with E-state index in [2.05, 4.69) is 15.5 Å². The van der Waals surface area contributed by atoms with Gasteiger partial charge in [0.05, 0.1) is 7.11 Å². The Morgan fingerprint density at radius 2 is 1.83 bits per heavy atom. The molecule has 0 bridgehead atoms. The Hall–Kier alpha value is -2.73. The number of aromatic nitrogens is 2. The van der Waals surface area contributed by atoms with E-state index in [1.807, 2.05) is 38.1 Å². The van der Waals surface area contributed by atoms with Crippen LogP contribution in [0.1, 0.15) is 21.5 Å². The number of carbonyl (C=O) groups is 1. The third kappa shape index (κ3) is 3.44. The average molecular weight is 339 g/mol. The number of anilines is 1. The van der Waals surface area contributed by atoms with E-state index in [0.29, 0.717) is 10.7 Å². The van der Waals surface area contributed by atoms with E-state index in [4.69, 9.17) is 4.74 Å². The number of ether oxygens (including phenoxy) is 1. The van der Waals surface area contributed by atoms with Crippen LogP contribution in [0.4, 0.5) is 5.13 Å². The second-order valence-electron chi connectivity index (χ2n) is 5.42. The maximum Gasteiger partial charge on any atom is 0.257 e. The second-order valence-corrected chi connectivity index (χ2v) is 6.39. The number of carbonyl (C=O) groups excluding carboxylic acids is 1. The predicted octanol–water partition coefficient (Wildman–Crippen LogP) is 4.08. The van der Waals surface area contributed by atoms with Crippen LogP contribution in [0.5, 0.6) is 5.75 Å². The van der Waals surface area contributed by atoms with Crippen LogP contribution < -0.4 is 10.1 Å². The predicted molar refractivity (Wildman–Crippen MR) is 95.8 cm³/mol. The molecule has 0 spiro atoms. The molecular formula is C18H17N3O2S. The van der Waals surface area contributed by atoms with Crippen molar-refractivity contribution in [2.24, 2.45) is 0 Å². The van der Waals surface area contributed by atoms with Gasteiger partial charge < -0.3 is 4.74 Å². The van der Waals surface area contributed by atoms with Gasteiger partial charge in [-0.05, 0) is 37.6 Å². The van der Waals surface area contributed by atoms with Gasteiger partial charge in [0.25, 0.3) is 5.91 Å². The summed E-state index contributed by atoms with van der Waals surface area (Å²) in [5, 5.41) is 12.2. The summed E-state index contributed by atoms with van der Waals surface area (Å²) < 4.78 is 5.21. The van der Waals surface area contributed by atoms with Crippen LogP contribution >= 0.6 is 11.3 Å². The Morgan fingerprint density at radius 3 is 2.50 bits per heavy atom. The number of nitrogens with zero attached hydrogens (tertiary/aromatic N) is 2. The highest BCUT2D eigenvalue weighted by Crippen LogP contribution is 2.27. The number of hydrogen-bond acceptors (Lipinski definition) is 5. The van der Waals surface area contributed by atoms with Crippen molar-refractivity contribution in [3.8, 4) is 16.3 Å². The number of hydrogen-bond donors (Lipinski definition) is 1. The summed E-state index contributed by atoms with van der Waals surface area (Å²) in [4.78, 5) is 12.3. The smallest absolute Gasteiger partial charge is 0.257 e. The Morgan fingerprint density at radius 1 is 1.08 bits per heavy atom. The van der Waals surface area contributed by atoms with Gasteiger partial charge in [-0.15, -0.1) is 10.2 Å². The van der Waals surface area contributed by atoms with Gasteiger partial charge >= 0.3 is 0 Å². The zero-order valence-corrected chi connectivity index (χ0v) is 14.5. The highest BCUT2D eigenvalue weighted by Gasteiger charge is 2.12. The van der Waals surface area contributed by atoms with Gasteiger partial charge in [0.1, 0.15) is 10.8 Å². The fraction of sp³-hybridized carbons (Fsp3) is 0.167. The van der Waals surface area contributed by atoms with Gasteiger partial charge in [0, 0.05) is 11.1 Å². The maximum absolute atomic E-state index is 12.3. The Balaban J connectivity index is 1.75. The van der Waals surface area contributed by atoms with Gasteiger partial charge in [0.15, 0.2) is 0 Å². The fourth-order valence-electron chi connectivity index (χ4n) is 2.28. The van der Waals surface area contributed by atoms with Gasteiger partial charge in [-0.25, -0.2) is 0 Å². The SMILES string of the molecule is COc1ccc(C(=O)Nc2nnc(-c3ccc(C)cc3)s2)cc1C. The first-order valence-corrected chi connectivity index (χ1v) is 8.25. The van der Waals surface area contributed by atoms with Gasteiger partial charge in [-0.2, -0.15) is 0 Å². The van der Waals surface area contributed by atoms with Gasteiger partial charge in [-0.1, -0.05) is 41.2 Å². The Labute approximate surface area is 144 Å². The van der Waals surface area contributed by atoms with Crippen molar-refractivity contribution >= 4 is 22.4 Å². The molecule has 0 saturated carbocycles. The summed E-state index contributed by atoms with van der Waals surface area (Å²) in [5.74, 6) is 0.538. The lowest BCUT2D eigenvalue weighted by molar-refractivity contribution is 0.102. The van der Waals surface area contributed by atoms with E-state index in [1.165, 1.54) is 16.9 Å². The summed E-state index contributed by atoms with van der Waals surface area (Å²) in [7, 11) is 1.61. The first kappa shape index (κ1) is 16.1. The molecule has 1 heterocycles. The molecule has 2 aromatic carbocycles.